The molecule has 10 amide bonds. The number of guanidine groups is 2. The van der Waals surface area contributed by atoms with Crippen molar-refractivity contribution in [2.45, 2.75) is 140 Å². The standard InChI is InChI=1S/C57H82N16O11/c1-33(2)28-42(70-53(82)45(30-36-16-9-6-10-17-36)72-51(80)43(66-34(3)74)31-37-21-23-38(75)24-22-37)50(79)71-44(29-35-14-7-5-8-15-35)52(81)68-40(19-12-26-65-57(61)62)55(84)73-27-13-20-46(73)54(83)67-39(18-11-25-64-56(59)60)49(78)69-41(48(58)77)32-47(76)63-4/h5-10,14-17,21-24,33,39-46,75H,11-13,18-20,25-32H2,1-4H3,(H2,58,77)(H,63,76)(H,66,74)(H,67,83)(H,68,81)(H,69,78)(H,70,82)(H,71,79)(H,72,80)(H4,59,60,64)(H4,61,62,65)/t39-,40-,41-,42-,43-,44-,45-,46-/m0/s1. The first-order valence-corrected chi connectivity index (χ1v) is 27.8. The maximum absolute atomic E-state index is 14.8. The van der Waals surface area contributed by atoms with Gasteiger partial charge in [-0.1, -0.05) is 86.6 Å². The first-order chi connectivity index (χ1) is 39.9. The van der Waals surface area contributed by atoms with E-state index in [0.29, 0.717) is 23.1 Å². The average Bonchev–Trinajstić information content (AvgIpc) is 4.14. The number of nitrogens with two attached hydrogens (primary N) is 5. The van der Waals surface area contributed by atoms with Crippen LogP contribution >= 0.6 is 0 Å². The number of nitrogens with zero attached hydrogens (tertiary/aromatic N) is 3. The highest BCUT2D eigenvalue weighted by molar-refractivity contribution is 5.99. The molecule has 0 unspecified atom stereocenters. The lowest BCUT2D eigenvalue weighted by atomic mass is 9.99. The van der Waals surface area contributed by atoms with Crippen LogP contribution in [-0.4, -0.2) is 156 Å². The Morgan fingerprint density at radius 3 is 1.45 bits per heavy atom. The van der Waals surface area contributed by atoms with Gasteiger partial charge in [-0.15, -0.1) is 0 Å². The minimum atomic E-state index is -1.43. The van der Waals surface area contributed by atoms with Crippen molar-refractivity contribution in [2.24, 2.45) is 44.6 Å². The van der Waals surface area contributed by atoms with E-state index in [1.165, 1.54) is 31.0 Å². The lowest BCUT2D eigenvalue weighted by molar-refractivity contribution is -0.142. The molecule has 3 aromatic rings. The van der Waals surface area contributed by atoms with Crippen molar-refractivity contribution in [3.8, 4) is 5.75 Å². The molecule has 8 atom stereocenters. The van der Waals surface area contributed by atoms with Crippen molar-refractivity contribution < 1.29 is 53.1 Å². The fraction of sp³-hybridized carbons (Fsp3) is 0.474. The highest BCUT2D eigenvalue weighted by Gasteiger charge is 2.40. The third-order valence-corrected chi connectivity index (χ3v) is 13.5. The number of nitrogens with one attached hydrogen (secondary N) is 8. The van der Waals surface area contributed by atoms with Crippen LogP contribution in [0.5, 0.6) is 5.75 Å². The van der Waals surface area contributed by atoms with Crippen LogP contribution in [-0.2, 0) is 67.2 Å². The normalized spacial score (nSPS) is 15.2. The zero-order valence-corrected chi connectivity index (χ0v) is 47.9. The van der Waals surface area contributed by atoms with Gasteiger partial charge in [0, 0.05) is 52.9 Å². The first-order valence-electron chi connectivity index (χ1n) is 27.8. The van der Waals surface area contributed by atoms with Crippen molar-refractivity contribution in [3.63, 3.8) is 0 Å². The number of carbonyl (C=O) groups is 10. The van der Waals surface area contributed by atoms with Gasteiger partial charge in [0.1, 0.15) is 54.1 Å². The summed E-state index contributed by atoms with van der Waals surface area (Å²) in [5.41, 5.74) is 29.6. The van der Waals surface area contributed by atoms with E-state index in [1.807, 2.05) is 13.8 Å². The van der Waals surface area contributed by atoms with E-state index in [9.17, 15) is 53.1 Å². The lowest BCUT2D eigenvalue weighted by Crippen LogP contribution is -2.60. The van der Waals surface area contributed by atoms with Crippen LogP contribution in [0.25, 0.3) is 0 Å². The van der Waals surface area contributed by atoms with Gasteiger partial charge in [0.15, 0.2) is 11.9 Å². The Balaban J connectivity index is 1.64. The van der Waals surface area contributed by atoms with Gasteiger partial charge in [0.05, 0.1) is 6.42 Å². The third kappa shape index (κ3) is 23.3. The summed E-state index contributed by atoms with van der Waals surface area (Å²) in [6.07, 6.45) is 0.227. The largest absolute Gasteiger partial charge is 0.508 e. The molecule has 456 valence electrons. The van der Waals surface area contributed by atoms with E-state index in [1.54, 1.807) is 72.8 Å². The number of amides is 10. The van der Waals surface area contributed by atoms with Crippen molar-refractivity contribution in [1.82, 2.24) is 47.4 Å². The third-order valence-electron chi connectivity index (χ3n) is 13.5. The van der Waals surface area contributed by atoms with Gasteiger partial charge in [-0.2, -0.15) is 0 Å². The highest BCUT2D eigenvalue weighted by atomic mass is 16.3. The second kappa shape index (κ2) is 34.2. The SMILES string of the molecule is CNC(=O)C[C@H](NC(=O)[C@H](CCCN=C(N)N)NC(=O)[C@@H]1CCCN1C(=O)[C@H](CCCN=C(N)N)NC(=O)[C@H](Cc1ccccc1)NC(=O)[C@H](CC(C)C)NC(=O)[C@H](Cc1ccccc1)NC(=O)[C@H](Cc1ccc(O)cc1)NC(C)=O)C(N)=O. The number of aromatic hydroxyl groups is 1. The molecular weight excluding hydrogens is 1080 g/mol. The molecule has 0 aromatic heterocycles. The summed E-state index contributed by atoms with van der Waals surface area (Å²) in [7, 11) is 1.34. The molecule has 1 saturated heterocycles. The van der Waals surface area contributed by atoms with E-state index < -0.39 is 114 Å². The topological polar surface area (TPSA) is 445 Å². The maximum atomic E-state index is 14.8. The zero-order valence-electron chi connectivity index (χ0n) is 47.9. The molecule has 0 radical (unpaired) electrons. The van der Waals surface area contributed by atoms with Gasteiger partial charge in [-0.05, 0) is 79.7 Å². The predicted molar refractivity (Wildman–Crippen MR) is 313 cm³/mol. The van der Waals surface area contributed by atoms with Gasteiger partial charge in [0.25, 0.3) is 0 Å². The predicted octanol–water partition coefficient (Wildman–Crippen LogP) is -2.40. The average molecular weight is 1170 g/mol. The second-order valence-corrected chi connectivity index (χ2v) is 20.9. The van der Waals surface area contributed by atoms with Crippen LogP contribution in [0.15, 0.2) is 94.9 Å². The quantitative estimate of drug-likeness (QED) is 0.0172. The number of rotatable bonds is 33. The Bertz CT molecular complexity index is 2780. The van der Waals surface area contributed by atoms with Crippen molar-refractivity contribution in [3.05, 3.63) is 102 Å². The minimum absolute atomic E-state index is 0.00347. The number of phenolic OH excluding ortho intramolecular Hbond substituents is 1. The molecule has 0 saturated carbocycles. The number of benzene rings is 3. The van der Waals surface area contributed by atoms with Gasteiger partial charge in [-0.25, -0.2) is 0 Å². The van der Waals surface area contributed by atoms with Gasteiger partial charge in [-0.3, -0.25) is 57.9 Å². The summed E-state index contributed by atoms with van der Waals surface area (Å²) in [5.74, 6) is -7.99. The molecule has 1 heterocycles. The molecule has 4 rings (SSSR count). The van der Waals surface area contributed by atoms with Crippen LogP contribution < -0.4 is 71.2 Å². The van der Waals surface area contributed by atoms with Crippen LogP contribution in [0.3, 0.4) is 0 Å². The molecule has 1 aliphatic rings. The van der Waals surface area contributed by atoms with E-state index in [2.05, 4.69) is 52.5 Å². The van der Waals surface area contributed by atoms with E-state index in [4.69, 9.17) is 28.7 Å². The molecule has 0 aliphatic carbocycles. The number of hydrogen-bond donors (Lipinski definition) is 14. The molecule has 0 spiro atoms. The second-order valence-electron chi connectivity index (χ2n) is 20.9. The number of primary amides is 1. The first kappa shape index (κ1) is 67.2. The molecular formula is C57H82N16O11. The van der Waals surface area contributed by atoms with Crippen molar-refractivity contribution >= 4 is 71.0 Å². The molecule has 3 aromatic carbocycles. The summed E-state index contributed by atoms with van der Waals surface area (Å²) < 4.78 is 0. The summed E-state index contributed by atoms with van der Waals surface area (Å²) in [6, 6.07) is 13.3. The fourth-order valence-electron chi connectivity index (χ4n) is 9.32. The molecule has 1 fully saturated rings. The minimum Gasteiger partial charge on any atom is -0.508 e. The monoisotopic (exact) mass is 1170 g/mol. The fourth-order valence-corrected chi connectivity index (χ4v) is 9.32. The Kier molecular flexibility index (Phi) is 27.4. The summed E-state index contributed by atoms with van der Waals surface area (Å²) >= 11 is 0. The van der Waals surface area contributed by atoms with E-state index in [-0.39, 0.29) is 101 Å². The molecule has 1 aliphatic heterocycles. The van der Waals surface area contributed by atoms with Crippen LogP contribution in [0.2, 0.25) is 0 Å². The Labute approximate surface area is 488 Å². The Hall–Kier alpha value is -9.30. The van der Waals surface area contributed by atoms with Crippen LogP contribution in [0.1, 0.15) is 88.8 Å². The molecule has 0 bridgehead atoms. The van der Waals surface area contributed by atoms with Gasteiger partial charge < -0.3 is 81.2 Å². The van der Waals surface area contributed by atoms with Crippen LogP contribution in [0.4, 0.5) is 0 Å². The lowest BCUT2D eigenvalue weighted by Gasteiger charge is -2.31. The van der Waals surface area contributed by atoms with Crippen LogP contribution in [0, 0.1) is 5.92 Å². The summed E-state index contributed by atoms with van der Waals surface area (Å²) in [6.45, 7) is 5.08. The highest BCUT2D eigenvalue weighted by Crippen LogP contribution is 2.21. The van der Waals surface area contributed by atoms with Gasteiger partial charge in [0.2, 0.25) is 59.1 Å². The maximum Gasteiger partial charge on any atom is 0.245 e. The number of aliphatic imine (C=N–C) groups is 2. The number of hydrogen-bond acceptors (Lipinski definition) is 13. The Morgan fingerprint density at radius 1 is 0.560 bits per heavy atom. The summed E-state index contributed by atoms with van der Waals surface area (Å²) in [5, 5.41) is 31.2. The number of phenols is 1. The van der Waals surface area contributed by atoms with Crippen molar-refractivity contribution in [2.75, 3.05) is 26.7 Å². The van der Waals surface area contributed by atoms with Gasteiger partial charge >= 0.3 is 0 Å². The number of carbonyl (C=O) groups excluding carboxylic acids is 10. The smallest absolute Gasteiger partial charge is 0.245 e. The van der Waals surface area contributed by atoms with E-state index in [0.717, 1.165) is 0 Å². The molecule has 27 nitrogen and oxygen atoms in total. The Morgan fingerprint density at radius 2 is 0.988 bits per heavy atom. The van der Waals surface area contributed by atoms with Crippen molar-refractivity contribution in [1.29, 1.82) is 0 Å². The number of likely N-dealkylation sites (tertiary alicyclic amines) is 1. The zero-order chi connectivity index (χ0) is 61.9. The van der Waals surface area contributed by atoms with E-state index >= 15 is 0 Å². The molecule has 84 heavy (non-hydrogen) atoms. The molecule has 27 heteroatoms. The molecule has 19 N–H and O–H groups in total. The summed E-state index contributed by atoms with van der Waals surface area (Å²) in [4.78, 5) is 147.